The van der Waals surface area contributed by atoms with Crippen molar-refractivity contribution in [1.82, 2.24) is 19.7 Å². The number of nitrogen functional groups attached to an aromatic ring is 1. The molecule has 1 aliphatic carbocycles. The minimum Gasteiger partial charge on any atom is -0.383 e. The van der Waals surface area contributed by atoms with E-state index in [0.717, 1.165) is 40.7 Å². The van der Waals surface area contributed by atoms with Crippen LogP contribution in [0.3, 0.4) is 0 Å². The number of hydrogen-bond donors (Lipinski definition) is 1. The molecule has 0 fully saturated rings. The van der Waals surface area contributed by atoms with Crippen LogP contribution in [0, 0.1) is 0 Å². The number of aromatic nitrogens is 4. The number of benzene rings is 2. The smallest absolute Gasteiger partial charge is 0.164 e. The van der Waals surface area contributed by atoms with E-state index in [-0.39, 0.29) is 11.8 Å². The Bertz CT molecular complexity index is 1220. The van der Waals surface area contributed by atoms with Gasteiger partial charge in [-0.05, 0) is 42.5 Å². The van der Waals surface area contributed by atoms with Gasteiger partial charge in [-0.1, -0.05) is 42.5 Å². The highest BCUT2D eigenvalue weighted by molar-refractivity contribution is 5.98. The minimum absolute atomic E-state index is 0.129. The largest absolute Gasteiger partial charge is 0.383 e. The van der Waals surface area contributed by atoms with Gasteiger partial charge in [0.15, 0.2) is 5.65 Å². The molecule has 0 saturated carbocycles. The van der Waals surface area contributed by atoms with Crippen molar-refractivity contribution in [2.75, 3.05) is 5.73 Å². The van der Waals surface area contributed by atoms with E-state index < -0.39 is 0 Å². The standard InChI is InChI=1S/C23H21N5O/c1-14(29)9-15-5-4-8-18(10-15)21-20-22(24)25-13-26-23(20)28(27-21)19-11-16-6-2-3-7-17(16)12-19/h2-8,10,13,19H,9,11-12H2,1H3,(H2,24,25,26). The molecule has 4 aromatic rings. The molecule has 2 aromatic heterocycles. The molecule has 6 nitrogen and oxygen atoms in total. The lowest BCUT2D eigenvalue weighted by atomic mass is 10.0. The number of nitrogens with zero attached hydrogens (tertiary/aromatic N) is 4. The van der Waals surface area contributed by atoms with Crippen molar-refractivity contribution < 1.29 is 4.79 Å². The molecule has 0 aliphatic heterocycles. The molecule has 6 heteroatoms. The fourth-order valence-corrected chi connectivity index (χ4v) is 4.28. The molecular formula is C23H21N5O. The molecule has 0 spiro atoms. The van der Waals surface area contributed by atoms with Gasteiger partial charge in [0.05, 0.1) is 11.4 Å². The number of ketones is 1. The van der Waals surface area contributed by atoms with E-state index >= 15 is 0 Å². The van der Waals surface area contributed by atoms with E-state index in [2.05, 4.69) is 34.2 Å². The van der Waals surface area contributed by atoms with E-state index in [4.69, 9.17) is 10.8 Å². The van der Waals surface area contributed by atoms with Crippen molar-refractivity contribution in [3.63, 3.8) is 0 Å². The Morgan fingerprint density at radius 1 is 1.10 bits per heavy atom. The number of anilines is 1. The van der Waals surface area contributed by atoms with E-state index in [1.807, 2.05) is 28.9 Å². The molecule has 5 rings (SSSR count). The van der Waals surface area contributed by atoms with Gasteiger partial charge in [-0.2, -0.15) is 5.10 Å². The predicted molar refractivity (Wildman–Crippen MR) is 112 cm³/mol. The molecule has 0 amide bonds. The monoisotopic (exact) mass is 383 g/mol. The topological polar surface area (TPSA) is 86.7 Å². The van der Waals surface area contributed by atoms with Crippen LogP contribution in [0.2, 0.25) is 0 Å². The first-order valence-electron chi connectivity index (χ1n) is 9.74. The number of nitrogens with two attached hydrogens (primary N) is 1. The first-order valence-corrected chi connectivity index (χ1v) is 9.74. The van der Waals surface area contributed by atoms with Crippen molar-refractivity contribution in [1.29, 1.82) is 0 Å². The van der Waals surface area contributed by atoms with Gasteiger partial charge >= 0.3 is 0 Å². The van der Waals surface area contributed by atoms with E-state index in [1.165, 1.54) is 17.5 Å². The van der Waals surface area contributed by atoms with Gasteiger partial charge in [0.1, 0.15) is 23.6 Å². The number of rotatable bonds is 4. The van der Waals surface area contributed by atoms with Crippen molar-refractivity contribution in [3.05, 3.63) is 71.5 Å². The van der Waals surface area contributed by atoms with Gasteiger partial charge in [-0.25, -0.2) is 14.6 Å². The van der Waals surface area contributed by atoms with Gasteiger partial charge in [0.2, 0.25) is 0 Å². The Morgan fingerprint density at radius 2 is 1.86 bits per heavy atom. The molecule has 29 heavy (non-hydrogen) atoms. The summed E-state index contributed by atoms with van der Waals surface area (Å²) in [5.41, 5.74) is 12.4. The van der Waals surface area contributed by atoms with Crippen LogP contribution in [-0.4, -0.2) is 25.5 Å². The van der Waals surface area contributed by atoms with Gasteiger partial charge in [-0.15, -0.1) is 0 Å². The second kappa shape index (κ2) is 6.81. The third-order valence-electron chi connectivity index (χ3n) is 5.55. The average Bonchev–Trinajstić information content (AvgIpc) is 3.30. The second-order valence-electron chi connectivity index (χ2n) is 7.66. The van der Waals surface area contributed by atoms with Crippen molar-refractivity contribution in [3.8, 4) is 11.3 Å². The molecule has 0 atom stereocenters. The fraction of sp³-hybridized carbons (Fsp3) is 0.217. The fourth-order valence-electron chi connectivity index (χ4n) is 4.28. The molecule has 1 aliphatic rings. The van der Waals surface area contributed by atoms with Crippen molar-refractivity contribution in [2.45, 2.75) is 32.2 Å². The molecule has 0 unspecified atom stereocenters. The van der Waals surface area contributed by atoms with Crippen LogP contribution in [0.15, 0.2) is 54.9 Å². The van der Waals surface area contributed by atoms with Crippen LogP contribution in [0.25, 0.3) is 22.3 Å². The zero-order valence-corrected chi connectivity index (χ0v) is 16.2. The number of carbonyl (C=O) groups is 1. The number of fused-ring (bicyclic) bond motifs is 2. The SMILES string of the molecule is CC(=O)Cc1cccc(-c2nn(C3Cc4ccccc4C3)c3ncnc(N)c23)c1. The highest BCUT2D eigenvalue weighted by Gasteiger charge is 2.27. The molecule has 2 heterocycles. The summed E-state index contributed by atoms with van der Waals surface area (Å²) in [6.45, 7) is 1.60. The summed E-state index contributed by atoms with van der Waals surface area (Å²) in [6, 6.07) is 16.6. The summed E-state index contributed by atoms with van der Waals surface area (Å²) in [5, 5.41) is 5.72. The normalized spacial score (nSPS) is 13.7. The maximum Gasteiger partial charge on any atom is 0.164 e. The van der Waals surface area contributed by atoms with Crippen LogP contribution in [0.5, 0.6) is 0 Å². The van der Waals surface area contributed by atoms with Crippen LogP contribution < -0.4 is 5.73 Å². The Hall–Kier alpha value is -3.54. The van der Waals surface area contributed by atoms with Crippen LogP contribution in [0.1, 0.15) is 29.7 Å². The summed E-state index contributed by atoms with van der Waals surface area (Å²) in [7, 11) is 0. The van der Waals surface area contributed by atoms with Crippen molar-refractivity contribution in [2.24, 2.45) is 0 Å². The summed E-state index contributed by atoms with van der Waals surface area (Å²) in [5.74, 6) is 0.549. The number of carbonyl (C=O) groups excluding carboxylic acids is 1. The average molecular weight is 383 g/mol. The summed E-state index contributed by atoms with van der Waals surface area (Å²) in [4.78, 5) is 20.3. The highest BCUT2D eigenvalue weighted by Crippen LogP contribution is 2.36. The lowest BCUT2D eigenvalue weighted by Crippen LogP contribution is -2.11. The lowest BCUT2D eigenvalue weighted by molar-refractivity contribution is -0.116. The molecular weight excluding hydrogens is 362 g/mol. The highest BCUT2D eigenvalue weighted by atomic mass is 16.1. The van der Waals surface area contributed by atoms with E-state index in [1.54, 1.807) is 6.92 Å². The zero-order chi connectivity index (χ0) is 20.0. The minimum atomic E-state index is 0.129. The number of hydrogen-bond acceptors (Lipinski definition) is 5. The predicted octanol–water partition coefficient (Wildman–Crippen LogP) is 3.55. The zero-order valence-electron chi connectivity index (χ0n) is 16.2. The Labute approximate surface area is 168 Å². The summed E-state index contributed by atoms with van der Waals surface area (Å²) >= 11 is 0. The first-order chi connectivity index (χ1) is 14.1. The molecule has 0 radical (unpaired) electrons. The van der Waals surface area contributed by atoms with E-state index in [0.29, 0.717) is 12.2 Å². The Balaban J connectivity index is 1.64. The van der Waals surface area contributed by atoms with Crippen LogP contribution in [0.4, 0.5) is 5.82 Å². The number of Topliss-reactive ketones (excluding diaryl/α,β-unsaturated/α-hetero) is 1. The third kappa shape index (κ3) is 3.06. The Morgan fingerprint density at radius 3 is 2.59 bits per heavy atom. The first kappa shape index (κ1) is 17.6. The van der Waals surface area contributed by atoms with Gasteiger partial charge in [0.25, 0.3) is 0 Å². The summed E-state index contributed by atoms with van der Waals surface area (Å²) in [6.07, 6.45) is 3.73. The van der Waals surface area contributed by atoms with Gasteiger partial charge < -0.3 is 5.73 Å². The Kier molecular flexibility index (Phi) is 4.12. The van der Waals surface area contributed by atoms with Crippen LogP contribution >= 0.6 is 0 Å². The second-order valence-corrected chi connectivity index (χ2v) is 7.66. The van der Waals surface area contributed by atoms with Crippen LogP contribution in [-0.2, 0) is 24.1 Å². The molecule has 2 aromatic carbocycles. The maximum atomic E-state index is 11.6. The molecule has 2 N–H and O–H groups in total. The lowest BCUT2D eigenvalue weighted by Gasteiger charge is -2.10. The quantitative estimate of drug-likeness (QED) is 0.582. The molecule has 144 valence electrons. The summed E-state index contributed by atoms with van der Waals surface area (Å²) < 4.78 is 2.00. The molecule has 0 saturated heterocycles. The van der Waals surface area contributed by atoms with Crippen molar-refractivity contribution >= 4 is 22.6 Å². The molecule has 0 bridgehead atoms. The van der Waals surface area contributed by atoms with E-state index in [9.17, 15) is 4.79 Å². The third-order valence-corrected chi connectivity index (χ3v) is 5.55. The maximum absolute atomic E-state index is 11.6. The van der Waals surface area contributed by atoms with Gasteiger partial charge in [0, 0.05) is 12.0 Å². The van der Waals surface area contributed by atoms with Gasteiger partial charge in [-0.3, -0.25) is 4.79 Å².